The average Bonchev–Trinajstić information content (AvgIpc) is 3.04. The molecule has 1 aromatic heterocycles. The summed E-state index contributed by atoms with van der Waals surface area (Å²) in [5, 5.41) is 5.22. The molecular formula is C20H16F3N3O2S. The van der Waals surface area contributed by atoms with E-state index < -0.39 is 29.2 Å². The van der Waals surface area contributed by atoms with Gasteiger partial charge in [-0.1, -0.05) is 30.3 Å². The topological polar surface area (TPSA) is 71.1 Å². The molecule has 0 bridgehead atoms. The van der Waals surface area contributed by atoms with Crippen molar-refractivity contribution in [1.82, 2.24) is 4.98 Å². The highest BCUT2D eigenvalue weighted by Gasteiger charge is 2.34. The summed E-state index contributed by atoms with van der Waals surface area (Å²) in [4.78, 5) is 28.3. The van der Waals surface area contributed by atoms with Gasteiger partial charge in [0.05, 0.1) is 16.9 Å². The van der Waals surface area contributed by atoms with E-state index in [9.17, 15) is 22.8 Å². The number of amides is 2. The van der Waals surface area contributed by atoms with Gasteiger partial charge in [-0.3, -0.25) is 9.59 Å². The van der Waals surface area contributed by atoms with Crippen LogP contribution in [0.4, 0.5) is 24.5 Å². The molecule has 150 valence electrons. The fraction of sp³-hybridized carbons (Fsp3) is 0.150. The average molecular weight is 419 g/mol. The monoisotopic (exact) mass is 419 g/mol. The fourth-order valence-electron chi connectivity index (χ4n) is 2.66. The molecule has 0 aliphatic rings. The Morgan fingerprint density at radius 3 is 2.34 bits per heavy atom. The predicted octanol–water partition coefficient (Wildman–Crippen LogP) is 5.35. The normalized spacial score (nSPS) is 11.2. The number of thiazole rings is 1. The van der Waals surface area contributed by atoms with Gasteiger partial charge in [-0.2, -0.15) is 13.2 Å². The summed E-state index contributed by atoms with van der Waals surface area (Å²) >= 11 is 1.10. The number of aryl methyl sites for hydroxylation is 1. The van der Waals surface area contributed by atoms with E-state index in [4.69, 9.17) is 0 Å². The summed E-state index contributed by atoms with van der Waals surface area (Å²) in [6, 6.07) is 12.4. The van der Waals surface area contributed by atoms with Crippen LogP contribution in [0, 0.1) is 6.92 Å². The molecule has 0 aliphatic carbocycles. The minimum atomic E-state index is -4.71. The lowest BCUT2D eigenvalue weighted by molar-refractivity contribution is -0.137. The van der Waals surface area contributed by atoms with Gasteiger partial charge in [0.15, 0.2) is 0 Å². The molecule has 0 spiro atoms. The summed E-state index contributed by atoms with van der Waals surface area (Å²) < 4.78 is 40.3. The van der Waals surface area contributed by atoms with Gasteiger partial charge < -0.3 is 10.6 Å². The van der Waals surface area contributed by atoms with E-state index in [1.165, 1.54) is 13.0 Å². The van der Waals surface area contributed by atoms with Crippen molar-refractivity contribution >= 4 is 34.5 Å². The Bertz CT molecular complexity index is 1060. The number of carbonyl (C=O) groups is 2. The van der Waals surface area contributed by atoms with Crippen LogP contribution in [0.15, 0.2) is 48.5 Å². The van der Waals surface area contributed by atoms with E-state index in [2.05, 4.69) is 15.6 Å². The first kappa shape index (κ1) is 20.5. The Hall–Kier alpha value is -3.20. The molecule has 0 fully saturated rings. The van der Waals surface area contributed by atoms with Crippen molar-refractivity contribution in [2.45, 2.75) is 20.0 Å². The first-order valence-corrected chi connectivity index (χ1v) is 9.30. The lowest BCUT2D eigenvalue weighted by Crippen LogP contribution is -2.17. The van der Waals surface area contributed by atoms with Crippen LogP contribution >= 0.6 is 11.3 Å². The van der Waals surface area contributed by atoms with E-state index in [1.807, 2.05) is 30.3 Å². The molecule has 2 aromatic carbocycles. The molecule has 0 saturated heterocycles. The number of rotatable bonds is 4. The van der Waals surface area contributed by atoms with Crippen molar-refractivity contribution in [3.63, 3.8) is 0 Å². The maximum atomic E-state index is 13.4. The Balaban J connectivity index is 1.91. The van der Waals surface area contributed by atoms with Crippen LogP contribution in [0.5, 0.6) is 0 Å². The zero-order chi connectivity index (χ0) is 21.2. The third-order valence-electron chi connectivity index (χ3n) is 3.92. The van der Waals surface area contributed by atoms with Gasteiger partial charge in [-0.05, 0) is 25.1 Å². The molecule has 9 heteroatoms. The lowest BCUT2D eigenvalue weighted by atomic mass is 10.1. The molecule has 3 rings (SSSR count). The molecule has 3 aromatic rings. The van der Waals surface area contributed by atoms with Crippen molar-refractivity contribution in [3.05, 3.63) is 64.7 Å². The third-order valence-corrected chi connectivity index (χ3v) is 5.12. The van der Waals surface area contributed by atoms with Gasteiger partial charge in [-0.25, -0.2) is 4.98 Å². The van der Waals surface area contributed by atoms with Gasteiger partial charge in [0.2, 0.25) is 5.91 Å². The SMILES string of the molecule is CC(=O)Nc1ccc(NC(=O)c2sc(-c3ccccc3)nc2C)c(C(F)(F)F)c1. The minimum absolute atomic E-state index is 0.0110. The molecule has 2 N–H and O–H groups in total. The number of benzene rings is 2. The summed E-state index contributed by atoms with van der Waals surface area (Å²) in [6.45, 7) is 2.82. The number of anilines is 2. The maximum Gasteiger partial charge on any atom is 0.418 e. The van der Waals surface area contributed by atoms with E-state index in [0.717, 1.165) is 29.0 Å². The van der Waals surface area contributed by atoms with Crippen molar-refractivity contribution < 1.29 is 22.8 Å². The van der Waals surface area contributed by atoms with Crippen LogP contribution < -0.4 is 10.6 Å². The van der Waals surface area contributed by atoms with Crippen molar-refractivity contribution in [1.29, 1.82) is 0 Å². The standard InChI is InChI=1S/C20H16F3N3O2S/c1-11-17(29-19(24-11)13-6-4-3-5-7-13)18(28)26-16-9-8-14(25-12(2)27)10-15(16)20(21,22)23/h3-10H,1-2H3,(H,25,27)(H,26,28). The Kier molecular flexibility index (Phi) is 5.69. The van der Waals surface area contributed by atoms with E-state index in [1.54, 1.807) is 6.92 Å². The largest absolute Gasteiger partial charge is 0.418 e. The predicted molar refractivity (Wildman–Crippen MR) is 106 cm³/mol. The van der Waals surface area contributed by atoms with Crippen LogP contribution in [0.2, 0.25) is 0 Å². The van der Waals surface area contributed by atoms with Crippen molar-refractivity contribution in [2.75, 3.05) is 10.6 Å². The van der Waals surface area contributed by atoms with Crippen LogP contribution in [0.25, 0.3) is 10.6 Å². The second-order valence-electron chi connectivity index (χ2n) is 6.19. The van der Waals surface area contributed by atoms with Gasteiger partial charge in [0.1, 0.15) is 9.88 Å². The third kappa shape index (κ3) is 4.80. The van der Waals surface area contributed by atoms with Gasteiger partial charge in [-0.15, -0.1) is 11.3 Å². The summed E-state index contributed by atoms with van der Waals surface area (Å²) in [5.74, 6) is -1.18. The number of halogens is 3. The highest BCUT2D eigenvalue weighted by atomic mass is 32.1. The van der Waals surface area contributed by atoms with Crippen LogP contribution in [-0.4, -0.2) is 16.8 Å². The molecule has 0 saturated carbocycles. The first-order valence-electron chi connectivity index (χ1n) is 8.48. The lowest BCUT2D eigenvalue weighted by Gasteiger charge is -2.15. The second-order valence-corrected chi connectivity index (χ2v) is 7.19. The maximum absolute atomic E-state index is 13.4. The number of nitrogens with one attached hydrogen (secondary N) is 2. The molecule has 0 aliphatic heterocycles. The fourth-order valence-corrected chi connectivity index (χ4v) is 3.63. The molecule has 0 radical (unpaired) electrons. The Morgan fingerprint density at radius 1 is 1.03 bits per heavy atom. The minimum Gasteiger partial charge on any atom is -0.326 e. The van der Waals surface area contributed by atoms with Gasteiger partial charge in [0.25, 0.3) is 5.91 Å². The van der Waals surface area contributed by atoms with Gasteiger partial charge in [0, 0.05) is 18.2 Å². The second kappa shape index (κ2) is 8.04. The smallest absolute Gasteiger partial charge is 0.326 e. The van der Waals surface area contributed by atoms with E-state index in [-0.39, 0.29) is 10.6 Å². The molecule has 5 nitrogen and oxygen atoms in total. The number of hydrogen-bond acceptors (Lipinski definition) is 4. The van der Waals surface area contributed by atoms with Gasteiger partial charge >= 0.3 is 6.18 Å². The number of hydrogen-bond donors (Lipinski definition) is 2. The highest BCUT2D eigenvalue weighted by Crippen LogP contribution is 2.37. The summed E-state index contributed by atoms with van der Waals surface area (Å²) in [5.41, 5.74) is -0.221. The Morgan fingerprint density at radius 2 is 1.72 bits per heavy atom. The first-order chi connectivity index (χ1) is 13.6. The number of alkyl halides is 3. The highest BCUT2D eigenvalue weighted by molar-refractivity contribution is 7.17. The summed E-state index contributed by atoms with van der Waals surface area (Å²) in [7, 11) is 0. The van der Waals surface area contributed by atoms with Crippen LogP contribution in [0.1, 0.15) is 27.9 Å². The number of nitrogens with zero attached hydrogens (tertiary/aromatic N) is 1. The molecule has 1 heterocycles. The summed E-state index contributed by atoms with van der Waals surface area (Å²) in [6.07, 6.45) is -4.71. The number of carbonyl (C=O) groups excluding carboxylic acids is 2. The quantitative estimate of drug-likeness (QED) is 0.599. The van der Waals surface area contributed by atoms with E-state index in [0.29, 0.717) is 10.7 Å². The molecule has 29 heavy (non-hydrogen) atoms. The zero-order valence-electron chi connectivity index (χ0n) is 15.4. The van der Waals surface area contributed by atoms with Crippen molar-refractivity contribution in [2.24, 2.45) is 0 Å². The molecule has 0 unspecified atom stereocenters. The van der Waals surface area contributed by atoms with Crippen molar-refractivity contribution in [3.8, 4) is 10.6 Å². The molecule has 0 atom stereocenters. The van der Waals surface area contributed by atoms with Crippen LogP contribution in [0.3, 0.4) is 0 Å². The molecular weight excluding hydrogens is 403 g/mol. The van der Waals surface area contributed by atoms with Crippen LogP contribution in [-0.2, 0) is 11.0 Å². The Labute approximate surface area is 168 Å². The number of aromatic nitrogens is 1. The molecule has 2 amide bonds. The zero-order valence-corrected chi connectivity index (χ0v) is 16.2. The van der Waals surface area contributed by atoms with E-state index >= 15 is 0 Å².